The van der Waals surface area contributed by atoms with Crippen molar-refractivity contribution in [2.75, 3.05) is 38.2 Å². The summed E-state index contributed by atoms with van der Waals surface area (Å²) in [4.78, 5) is 35.2. The molecule has 0 spiro atoms. The number of aromatic nitrogens is 2. The maximum atomic E-state index is 12.1. The Kier molecular flexibility index (Phi) is 5.86. The highest BCUT2D eigenvalue weighted by Crippen LogP contribution is 2.10. The summed E-state index contributed by atoms with van der Waals surface area (Å²) in [5.74, 6) is -0.284. The van der Waals surface area contributed by atoms with E-state index in [1.807, 2.05) is 13.8 Å². The molecule has 0 N–H and O–H groups in total. The molecular formula is C15H22N4O4. The molecule has 1 aliphatic heterocycles. The Morgan fingerprint density at radius 1 is 1.30 bits per heavy atom. The molecule has 0 aromatic carbocycles. The normalized spacial score (nSPS) is 20.9. The zero-order chi connectivity index (χ0) is 16.8. The summed E-state index contributed by atoms with van der Waals surface area (Å²) in [5.41, 5.74) is 0. The molecule has 1 fully saturated rings. The topological polar surface area (TPSA) is 84.9 Å². The Morgan fingerprint density at radius 2 is 1.91 bits per heavy atom. The smallest absolute Gasteiger partial charge is 0.326 e. The van der Waals surface area contributed by atoms with Crippen LogP contribution >= 0.6 is 0 Å². The summed E-state index contributed by atoms with van der Waals surface area (Å²) < 4.78 is 10.6. The average Bonchev–Trinajstić information content (AvgIpc) is 2.52. The third-order valence-corrected chi connectivity index (χ3v) is 3.39. The van der Waals surface area contributed by atoms with E-state index in [0.717, 1.165) is 0 Å². The molecule has 1 aromatic heterocycles. The molecule has 1 aliphatic rings. The van der Waals surface area contributed by atoms with Crippen LogP contribution in [0.2, 0.25) is 0 Å². The van der Waals surface area contributed by atoms with Crippen molar-refractivity contribution in [1.29, 1.82) is 0 Å². The summed E-state index contributed by atoms with van der Waals surface area (Å²) in [6.07, 6.45) is 3.16. The molecule has 23 heavy (non-hydrogen) atoms. The lowest BCUT2D eigenvalue weighted by atomic mass is 10.2. The molecule has 1 saturated heterocycles. The van der Waals surface area contributed by atoms with Crippen molar-refractivity contribution in [3.05, 3.63) is 18.5 Å². The molecular weight excluding hydrogens is 300 g/mol. The van der Waals surface area contributed by atoms with Crippen LogP contribution in [0.1, 0.15) is 13.8 Å². The molecule has 8 nitrogen and oxygen atoms in total. The maximum absolute atomic E-state index is 12.1. The molecule has 1 aromatic rings. The van der Waals surface area contributed by atoms with E-state index < -0.39 is 5.97 Å². The minimum Gasteiger partial charge on any atom is -0.454 e. The largest absolute Gasteiger partial charge is 0.454 e. The van der Waals surface area contributed by atoms with Gasteiger partial charge in [0.25, 0.3) is 5.91 Å². The summed E-state index contributed by atoms with van der Waals surface area (Å²) in [6, 6.07) is 1.69. The molecule has 0 bridgehead atoms. The molecule has 2 unspecified atom stereocenters. The number of hydrogen-bond acceptors (Lipinski definition) is 7. The van der Waals surface area contributed by atoms with Gasteiger partial charge in [0.05, 0.1) is 12.2 Å². The number of anilines is 1. The number of esters is 1. The lowest BCUT2D eigenvalue weighted by Crippen LogP contribution is -2.49. The van der Waals surface area contributed by atoms with Gasteiger partial charge in [-0.2, -0.15) is 0 Å². The number of carbonyl (C=O) groups is 2. The van der Waals surface area contributed by atoms with Gasteiger partial charge in [-0.3, -0.25) is 9.59 Å². The van der Waals surface area contributed by atoms with Crippen molar-refractivity contribution in [3.8, 4) is 0 Å². The lowest BCUT2D eigenvalue weighted by molar-refractivity contribution is -0.156. The Bertz CT molecular complexity index is 530. The van der Waals surface area contributed by atoms with Crippen LogP contribution in [-0.2, 0) is 19.1 Å². The van der Waals surface area contributed by atoms with Gasteiger partial charge in [-0.05, 0) is 19.9 Å². The summed E-state index contributed by atoms with van der Waals surface area (Å²) >= 11 is 0. The van der Waals surface area contributed by atoms with Crippen LogP contribution in [0.15, 0.2) is 18.5 Å². The first kappa shape index (κ1) is 17.1. The number of likely N-dealkylation sites (N-methyl/N-ethyl adjacent to an activating group) is 1. The van der Waals surface area contributed by atoms with Crippen LogP contribution in [0.5, 0.6) is 0 Å². The van der Waals surface area contributed by atoms with Crippen molar-refractivity contribution in [2.24, 2.45) is 0 Å². The van der Waals surface area contributed by atoms with Crippen LogP contribution in [-0.4, -0.2) is 72.2 Å². The number of nitrogens with zero attached hydrogens (tertiary/aromatic N) is 4. The van der Waals surface area contributed by atoms with Crippen molar-refractivity contribution >= 4 is 17.8 Å². The Hall–Kier alpha value is -2.22. The molecule has 8 heteroatoms. The predicted molar refractivity (Wildman–Crippen MR) is 82.9 cm³/mol. The highest BCUT2D eigenvalue weighted by Gasteiger charge is 2.26. The van der Waals surface area contributed by atoms with Gasteiger partial charge in [0.2, 0.25) is 5.95 Å². The fraction of sp³-hybridized carbons (Fsp3) is 0.600. The first-order chi connectivity index (χ1) is 11.0. The van der Waals surface area contributed by atoms with Crippen molar-refractivity contribution in [3.63, 3.8) is 0 Å². The van der Waals surface area contributed by atoms with E-state index in [1.165, 1.54) is 0 Å². The molecule has 2 rings (SSSR count). The molecule has 0 saturated carbocycles. The summed E-state index contributed by atoms with van der Waals surface area (Å²) in [7, 11) is 1.68. The molecule has 1 amide bonds. The van der Waals surface area contributed by atoms with E-state index in [4.69, 9.17) is 9.47 Å². The maximum Gasteiger partial charge on any atom is 0.326 e. The van der Waals surface area contributed by atoms with E-state index in [9.17, 15) is 9.59 Å². The van der Waals surface area contributed by atoms with E-state index in [0.29, 0.717) is 19.0 Å². The molecule has 2 heterocycles. The van der Waals surface area contributed by atoms with E-state index in [1.54, 1.807) is 35.3 Å². The molecule has 0 aliphatic carbocycles. The molecule has 0 radical (unpaired) electrons. The third-order valence-electron chi connectivity index (χ3n) is 3.39. The van der Waals surface area contributed by atoms with E-state index >= 15 is 0 Å². The van der Waals surface area contributed by atoms with Crippen molar-refractivity contribution in [1.82, 2.24) is 14.9 Å². The first-order valence-electron chi connectivity index (χ1n) is 7.52. The quantitative estimate of drug-likeness (QED) is 0.710. The van der Waals surface area contributed by atoms with Crippen molar-refractivity contribution < 1.29 is 19.1 Å². The second kappa shape index (κ2) is 7.87. The number of carbonyl (C=O) groups excluding carboxylic acids is 2. The standard InChI is InChI=1S/C15H22N4O4/c1-11-7-19(8-12(2)23-11)13(20)10-22-14(21)9-18(3)15-16-5-4-6-17-15/h4-6,11-12H,7-10H2,1-3H3. The van der Waals surface area contributed by atoms with Crippen LogP contribution in [0.25, 0.3) is 0 Å². The summed E-state index contributed by atoms with van der Waals surface area (Å²) in [6.45, 7) is 4.57. The third kappa shape index (κ3) is 5.17. The number of morpholine rings is 1. The first-order valence-corrected chi connectivity index (χ1v) is 7.52. The van der Waals surface area contributed by atoms with Crippen LogP contribution in [0, 0.1) is 0 Å². The van der Waals surface area contributed by atoms with E-state index in [-0.39, 0.29) is 31.3 Å². The molecule has 126 valence electrons. The van der Waals surface area contributed by atoms with Gasteiger partial charge < -0.3 is 19.3 Å². The lowest BCUT2D eigenvalue weighted by Gasteiger charge is -2.35. The van der Waals surface area contributed by atoms with E-state index in [2.05, 4.69) is 9.97 Å². The monoisotopic (exact) mass is 322 g/mol. The van der Waals surface area contributed by atoms with Gasteiger partial charge in [-0.25, -0.2) is 9.97 Å². The van der Waals surface area contributed by atoms with Crippen LogP contribution < -0.4 is 4.90 Å². The second-order valence-electron chi connectivity index (χ2n) is 5.62. The van der Waals surface area contributed by atoms with Crippen LogP contribution in [0.3, 0.4) is 0 Å². The Labute approximate surface area is 135 Å². The number of rotatable bonds is 5. The second-order valence-corrected chi connectivity index (χ2v) is 5.62. The number of ether oxygens (including phenoxy) is 2. The Balaban J connectivity index is 1.76. The molecule has 2 atom stereocenters. The van der Waals surface area contributed by atoms with Crippen molar-refractivity contribution in [2.45, 2.75) is 26.1 Å². The minimum atomic E-state index is -0.498. The fourth-order valence-electron chi connectivity index (χ4n) is 2.41. The predicted octanol–water partition coefficient (Wildman–Crippen LogP) is 0.0918. The number of hydrogen-bond donors (Lipinski definition) is 0. The van der Waals surface area contributed by atoms with Gasteiger partial charge in [0.1, 0.15) is 6.54 Å². The van der Waals surface area contributed by atoms with Gasteiger partial charge in [0, 0.05) is 32.5 Å². The van der Waals surface area contributed by atoms with Gasteiger partial charge in [0.15, 0.2) is 6.61 Å². The fourth-order valence-corrected chi connectivity index (χ4v) is 2.41. The zero-order valence-electron chi connectivity index (χ0n) is 13.6. The minimum absolute atomic E-state index is 0.0141. The zero-order valence-corrected chi connectivity index (χ0v) is 13.6. The van der Waals surface area contributed by atoms with Crippen LogP contribution in [0.4, 0.5) is 5.95 Å². The average molecular weight is 322 g/mol. The Morgan fingerprint density at radius 3 is 2.52 bits per heavy atom. The number of amides is 1. The highest BCUT2D eigenvalue weighted by atomic mass is 16.5. The summed E-state index contributed by atoms with van der Waals surface area (Å²) in [5, 5.41) is 0. The van der Waals surface area contributed by atoms with Gasteiger partial charge >= 0.3 is 5.97 Å². The highest BCUT2D eigenvalue weighted by molar-refractivity contribution is 5.82. The van der Waals surface area contributed by atoms with Gasteiger partial charge in [-0.15, -0.1) is 0 Å². The SMILES string of the molecule is CC1CN(C(=O)COC(=O)CN(C)c2ncccn2)CC(C)O1. The van der Waals surface area contributed by atoms with Gasteiger partial charge in [-0.1, -0.05) is 0 Å².